The minimum absolute atomic E-state index is 0.0180. The van der Waals surface area contributed by atoms with Gasteiger partial charge in [-0.05, 0) is 36.3 Å². The summed E-state index contributed by atoms with van der Waals surface area (Å²) >= 11 is 0. The predicted octanol–water partition coefficient (Wildman–Crippen LogP) is 3.37. The van der Waals surface area contributed by atoms with E-state index in [1.807, 2.05) is 0 Å². The summed E-state index contributed by atoms with van der Waals surface area (Å²) in [5.74, 6) is 0.478. The highest BCUT2D eigenvalue weighted by molar-refractivity contribution is 5.76. The second-order valence-corrected chi connectivity index (χ2v) is 8.64. The molecule has 0 aliphatic carbocycles. The molecule has 1 fully saturated rings. The van der Waals surface area contributed by atoms with Crippen LogP contribution in [-0.2, 0) is 11.2 Å². The Bertz CT molecular complexity index is 844. The highest BCUT2D eigenvalue weighted by Gasteiger charge is 2.36. The van der Waals surface area contributed by atoms with E-state index in [1.54, 1.807) is 24.0 Å². The third kappa shape index (κ3) is 4.58. The van der Waals surface area contributed by atoms with E-state index in [1.165, 1.54) is 6.07 Å². The average molecular weight is 389 g/mol. The normalized spacial score (nSPS) is 20.4. The first kappa shape index (κ1) is 20.5. The first-order chi connectivity index (χ1) is 13.1. The molecule has 2 heterocycles. The van der Waals surface area contributed by atoms with Crippen LogP contribution in [0.15, 0.2) is 22.7 Å². The van der Waals surface area contributed by atoms with Crippen molar-refractivity contribution in [3.63, 3.8) is 0 Å². The first-order valence-electron chi connectivity index (χ1n) is 9.70. The van der Waals surface area contributed by atoms with Crippen molar-refractivity contribution in [2.75, 3.05) is 13.1 Å². The molecule has 2 aromatic rings. The van der Waals surface area contributed by atoms with E-state index in [0.717, 1.165) is 6.42 Å². The molecule has 1 aliphatic heterocycles. The van der Waals surface area contributed by atoms with Gasteiger partial charge in [0, 0.05) is 31.5 Å². The van der Waals surface area contributed by atoms with Crippen molar-refractivity contribution in [2.24, 2.45) is 11.3 Å². The summed E-state index contributed by atoms with van der Waals surface area (Å²) in [6, 6.07) is 4.77. The molecule has 0 spiro atoms. The van der Waals surface area contributed by atoms with Crippen molar-refractivity contribution in [3.05, 3.63) is 35.5 Å². The molecule has 1 aliphatic rings. The van der Waals surface area contributed by atoms with Gasteiger partial charge in [0.2, 0.25) is 17.6 Å². The Morgan fingerprint density at radius 1 is 1.39 bits per heavy atom. The average Bonchev–Trinajstić information content (AvgIpc) is 3.10. The lowest BCUT2D eigenvalue weighted by Gasteiger charge is -2.42. The van der Waals surface area contributed by atoms with E-state index in [-0.39, 0.29) is 29.5 Å². The van der Waals surface area contributed by atoms with Gasteiger partial charge in [-0.1, -0.05) is 38.1 Å². The number of piperidine rings is 1. The number of hydrogen-bond donors (Lipinski definition) is 1. The Morgan fingerprint density at radius 2 is 2.14 bits per heavy atom. The largest absolute Gasteiger partial charge is 0.391 e. The molecule has 3 rings (SSSR count). The number of rotatable bonds is 4. The van der Waals surface area contributed by atoms with Gasteiger partial charge in [-0.15, -0.1) is 0 Å². The molecule has 1 saturated heterocycles. The van der Waals surface area contributed by atoms with Gasteiger partial charge in [-0.2, -0.15) is 4.98 Å². The van der Waals surface area contributed by atoms with E-state index in [4.69, 9.17) is 4.52 Å². The van der Waals surface area contributed by atoms with Gasteiger partial charge in [0.05, 0.1) is 6.10 Å². The van der Waals surface area contributed by atoms with Gasteiger partial charge in [0.25, 0.3) is 0 Å². The van der Waals surface area contributed by atoms with Gasteiger partial charge >= 0.3 is 0 Å². The van der Waals surface area contributed by atoms with Crippen molar-refractivity contribution < 1.29 is 18.8 Å². The molecule has 1 amide bonds. The number of carbonyl (C=O) groups excluding carboxylic acids is 1. The quantitative estimate of drug-likeness (QED) is 0.867. The Kier molecular flexibility index (Phi) is 5.84. The molecule has 2 atom stereocenters. The molecule has 1 aromatic heterocycles. The van der Waals surface area contributed by atoms with E-state index in [9.17, 15) is 14.3 Å². The zero-order valence-corrected chi connectivity index (χ0v) is 16.9. The van der Waals surface area contributed by atoms with Crippen LogP contribution in [0.2, 0.25) is 0 Å². The molecule has 28 heavy (non-hydrogen) atoms. The van der Waals surface area contributed by atoms with Gasteiger partial charge in [-0.25, -0.2) is 4.39 Å². The van der Waals surface area contributed by atoms with E-state index in [2.05, 4.69) is 30.9 Å². The molecular formula is C21H28FN3O3. The highest BCUT2D eigenvalue weighted by atomic mass is 19.1. The molecule has 0 radical (unpaired) electrons. The van der Waals surface area contributed by atoms with Gasteiger partial charge in [0.15, 0.2) is 0 Å². The van der Waals surface area contributed by atoms with Crippen LogP contribution in [0.5, 0.6) is 0 Å². The second kappa shape index (κ2) is 7.99. The molecule has 0 saturated carbocycles. The Labute approximate surface area is 164 Å². The predicted molar refractivity (Wildman–Crippen MR) is 103 cm³/mol. The van der Waals surface area contributed by atoms with Crippen molar-refractivity contribution >= 4 is 5.91 Å². The number of nitrogens with zero attached hydrogens (tertiary/aromatic N) is 3. The number of aryl methyl sites for hydroxylation is 2. The molecule has 1 aromatic carbocycles. The summed E-state index contributed by atoms with van der Waals surface area (Å²) in [5, 5.41) is 14.3. The monoisotopic (exact) mass is 389 g/mol. The van der Waals surface area contributed by atoms with Crippen LogP contribution in [0.3, 0.4) is 0 Å². The zero-order chi connectivity index (χ0) is 20.5. The molecule has 7 heteroatoms. The minimum atomic E-state index is -0.510. The lowest BCUT2D eigenvalue weighted by molar-refractivity contribution is -0.137. The number of aliphatic hydroxyl groups is 1. The first-order valence-corrected chi connectivity index (χ1v) is 9.70. The summed E-state index contributed by atoms with van der Waals surface area (Å²) in [4.78, 5) is 18.5. The van der Waals surface area contributed by atoms with Crippen molar-refractivity contribution in [1.82, 2.24) is 15.0 Å². The van der Waals surface area contributed by atoms with Crippen molar-refractivity contribution in [2.45, 2.75) is 53.1 Å². The Balaban J connectivity index is 1.56. The van der Waals surface area contributed by atoms with Crippen LogP contribution in [0.4, 0.5) is 4.39 Å². The number of hydrogen-bond acceptors (Lipinski definition) is 5. The van der Waals surface area contributed by atoms with Gasteiger partial charge in [-0.3, -0.25) is 4.79 Å². The topological polar surface area (TPSA) is 79.5 Å². The summed E-state index contributed by atoms with van der Waals surface area (Å²) in [5.41, 5.74) is 1.11. The fourth-order valence-corrected chi connectivity index (χ4v) is 3.75. The van der Waals surface area contributed by atoms with E-state index in [0.29, 0.717) is 42.4 Å². The lowest BCUT2D eigenvalue weighted by Crippen LogP contribution is -2.50. The summed E-state index contributed by atoms with van der Waals surface area (Å²) < 4.78 is 18.9. The van der Waals surface area contributed by atoms with E-state index >= 15 is 0 Å². The Hall–Kier alpha value is -2.28. The van der Waals surface area contributed by atoms with E-state index < -0.39 is 6.10 Å². The minimum Gasteiger partial charge on any atom is -0.391 e. The number of halogens is 1. The van der Waals surface area contributed by atoms with Crippen LogP contribution in [0.1, 0.15) is 45.1 Å². The zero-order valence-electron chi connectivity index (χ0n) is 16.9. The maximum absolute atomic E-state index is 13.7. The number of benzene rings is 1. The number of aliphatic hydroxyl groups excluding tert-OH is 1. The number of likely N-dealkylation sites (tertiary alicyclic amines) is 1. The summed E-state index contributed by atoms with van der Waals surface area (Å²) in [6.45, 7) is 9.05. The summed E-state index contributed by atoms with van der Waals surface area (Å²) in [6.07, 6.45) is 0.830. The SMILES string of the molecule is Cc1ccc(-c2noc(CCC(=O)N3CC[C@H](C(C)(C)C)[C@@H](O)C3)n2)cc1F. The van der Waals surface area contributed by atoms with Crippen LogP contribution in [0.25, 0.3) is 11.4 Å². The smallest absolute Gasteiger partial charge is 0.227 e. The number of carbonyl (C=O) groups is 1. The molecule has 6 nitrogen and oxygen atoms in total. The third-order valence-corrected chi connectivity index (χ3v) is 5.50. The Morgan fingerprint density at radius 3 is 2.79 bits per heavy atom. The highest BCUT2D eigenvalue weighted by Crippen LogP contribution is 2.34. The fraction of sp³-hybridized carbons (Fsp3) is 0.571. The van der Waals surface area contributed by atoms with Crippen LogP contribution in [0, 0.1) is 24.1 Å². The van der Waals surface area contributed by atoms with Crippen molar-refractivity contribution in [1.29, 1.82) is 0 Å². The van der Waals surface area contributed by atoms with Gasteiger partial charge < -0.3 is 14.5 Å². The molecule has 152 valence electrons. The molecule has 0 unspecified atom stereocenters. The van der Waals surface area contributed by atoms with Crippen LogP contribution >= 0.6 is 0 Å². The number of β-amino-alcohol motifs (C(OH)–C–C–N with tert-alkyl or cyclic N) is 1. The standard InChI is InChI=1S/C21H28FN3O3/c1-13-5-6-14(11-16(13)22)20-23-18(28-24-20)7-8-19(27)25-10-9-15(17(26)12-25)21(2,3)4/h5-6,11,15,17,26H,7-10,12H2,1-4H3/t15-,17-/m0/s1. The number of aromatic nitrogens is 2. The molecular weight excluding hydrogens is 361 g/mol. The number of amides is 1. The molecule has 1 N–H and O–H groups in total. The maximum atomic E-state index is 13.7. The van der Waals surface area contributed by atoms with Crippen molar-refractivity contribution in [3.8, 4) is 11.4 Å². The van der Waals surface area contributed by atoms with Crippen LogP contribution < -0.4 is 0 Å². The molecule has 0 bridgehead atoms. The van der Waals surface area contributed by atoms with Crippen LogP contribution in [-0.4, -0.2) is 45.2 Å². The summed E-state index contributed by atoms with van der Waals surface area (Å²) in [7, 11) is 0. The fourth-order valence-electron chi connectivity index (χ4n) is 3.75. The third-order valence-electron chi connectivity index (χ3n) is 5.50. The lowest BCUT2D eigenvalue weighted by atomic mass is 9.73. The van der Waals surface area contributed by atoms with Gasteiger partial charge in [0.1, 0.15) is 5.82 Å². The second-order valence-electron chi connectivity index (χ2n) is 8.64. The maximum Gasteiger partial charge on any atom is 0.227 e.